The average Bonchev–Trinajstić information content (AvgIpc) is 2.93. The summed E-state index contributed by atoms with van der Waals surface area (Å²) in [7, 11) is 0. The fraction of sp³-hybridized carbons (Fsp3) is 0.133. The Morgan fingerprint density at radius 1 is 1.36 bits per heavy atom. The van der Waals surface area contributed by atoms with E-state index in [4.69, 9.17) is 5.11 Å². The Bertz CT molecular complexity index is 940. The van der Waals surface area contributed by atoms with Crippen molar-refractivity contribution in [2.45, 2.75) is 13.3 Å². The summed E-state index contributed by atoms with van der Waals surface area (Å²) in [6.45, 7) is 1.78. The molecule has 0 spiro atoms. The second-order valence-electron chi connectivity index (χ2n) is 4.86. The highest BCUT2D eigenvalue weighted by Crippen LogP contribution is 2.31. The first-order valence-corrected chi connectivity index (χ1v) is 6.67. The van der Waals surface area contributed by atoms with E-state index in [0.717, 1.165) is 10.9 Å². The van der Waals surface area contributed by atoms with E-state index in [-0.39, 0.29) is 0 Å². The lowest BCUT2D eigenvalue weighted by atomic mass is 10.00. The lowest BCUT2D eigenvalue weighted by molar-refractivity contribution is 0.0691. The van der Waals surface area contributed by atoms with E-state index in [9.17, 15) is 14.7 Å². The predicted octanol–water partition coefficient (Wildman–Crippen LogP) is 1.88. The first-order chi connectivity index (χ1) is 10.5. The van der Waals surface area contributed by atoms with Crippen molar-refractivity contribution in [3.8, 4) is 17.0 Å². The molecule has 3 rings (SSSR count). The molecule has 0 aliphatic rings. The number of carboxylic acids is 1. The van der Waals surface area contributed by atoms with Crippen LogP contribution in [-0.2, 0) is 6.42 Å². The third-order valence-electron chi connectivity index (χ3n) is 3.59. The van der Waals surface area contributed by atoms with Gasteiger partial charge in [-0.25, -0.2) is 4.79 Å². The van der Waals surface area contributed by atoms with Crippen LogP contribution in [0.5, 0.6) is 5.75 Å². The molecule has 112 valence electrons. The first-order valence-electron chi connectivity index (χ1n) is 6.67. The van der Waals surface area contributed by atoms with Crippen molar-refractivity contribution in [2.24, 2.45) is 0 Å². The van der Waals surface area contributed by atoms with Crippen molar-refractivity contribution in [3.63, 3.8) is 0 Å². The normalized spacial score (nSPS) is 11.0. The molecule has 0 bridgehead atoms. The van der Waals surface area contributed by atoms with Crippen LogP contribution >= 0.6 is 0 Å². The van der Waals surface area contributed by atoms with Gasteiger partial charge in [-0.05, 0) is 24.1 Å². The Hall–Kier alpha value is -3.09. The summed E-state index contributed by atoms with van der Waals surface area (Å²) < 4.78 is 0. The van der Waals surface area contributed by atoms with Crippen molar-refractivity contribution in [1.82, 2.24) is 15.2 Å². The number of hydrogen-bond acceptors (Lipinski definition) is 4. The lowest BCUT2D eigenvalue weighted by Crippen LogP contribution is -2.20. The van der Waals surface area contributed by atoms with Crippen LogP contribution in [0.4, 0.5) is 0 Å². The van der Waals surface area contributed by atoms with Gasteiger partial charge in [-0.2, -0.15) is 5.10 Å². The van der Waals surface area contributed by atoms with Gasteiger partial charge in [0.1, 0.15) is 5.75 Å². The number of aromatic hydroxyl groups is 1. The van der Waals surface area contributed by atoms with Crippen LogP contribution in [-0.4, -0.2) is 31.4 Å². The summed E-state index contributed by atoms with van der Waals surface area (Å²) >= 11 is 0. The fourth-order valence-electron chi connectivity index (χ4n) is 2.52. The smallest absolute Gasteiger partial charge is 0.345 e. The Labute approximate surface area is 124 Å². The van der Waals surface area contributed by atoms with E-state index in [1.165, 1.54) is 0 Å². The number of rotatable bonds is 3. The minimum Gasteiger partial charge on any atom is -0.506 e. The molecule has 22 heavy (non-hydrogen) atoms. The summed E-state index contributed by atoms with van der Waals surface area (Å²) in [6.07, 6.45) is 2.02. The van der Waals surface area contributed by atoms with Gasteiger partial charge in [-0.3, -0.25) is 9.89 Å². The number of carboxylic acid groups (broad SMARTS) is 1. The van der Waals surface area contributed by atoms with Crippen LogP contribution in [0.1, 0.15) is 22.8 Å². The molecule has 4 N–H and O–H groups in total. The monoisotopic (exact) mass is 299 g/mol. The van der Waals surface area contributed by atoms with Crippen LogP contribution in [0, 0.1) is 0 Å². The van der Waals surface area contributed by atoms with Gasteiger partial charge < -0.3 is 15.2 Å². The number of fused-ring (bicyclic) bond motifs is 1. The highest BCUT2D eigenvalue weighted by molar-refractivity contribution is 5.92. The molecule has 7 nitrogen and oxygen atoms in total. The van der Waals surface area contributed by atoms with Crippen molar-refractivity contribution in [1.29, 1.82) is 0 Å². The standard InChI is InChI=1S/C15H13N3O4/c1-2-9-12(17-14(20)11(13(9)19)15(21)22)7-3-4-10-8(5-7)6-16-18-10/h3-6H,2H2,1H3,(H,16,18)(H,21,22)(H2,17,19,20). The largest absolute Gasteiger partial charge is 0.506 e. The molecule has 0 aliphatic heterocycles. The zero-order valence-corrected chi connectivity index (χ0v) is 11.7. The van der Waals surface area contributed by atoms with E-state index in [1.54, 1.807) is 25.3 Å². The molecule has 0 saturated carbocycles. The molecule has 0 aliphatic carbocycles. The zero-order chi connectivity index (χ0) is 15.9. The molecule has 0 saturated heterocycles. The van der Waals surface area contributed by atoms with Gasteiger partial charge in [0.15, 0.2) is 5.56 Å². The van der Waals surface area contributed by atoms with Crippen molar-refractivity contribution in [2.75, 3.05) is 0 Å². The number of nitrogens with zero attached hydrogens (tertiary/aromatic N) is 1. The van der Waals surface area contributed by atoms with Crippen molar-refractivity contribution >= 4 is 16.9 Å². The van der Waals surface area contributed by atoms with Gasteiger partial charge in [0, 0.05) is 10.9 Å². The van der Waals surface area contributed by atoms with Gasteiger partial charge in [0.25, 0.3) is 5.56 Å². The van der Waals surface area contributed by atoms with Gasteiger partial charge in [-0.15, -0.1) is 0 Å². The van der Waals surface area contributed by atoms with Crippen LogP contribution < -0.4 is 5.56 Å². The highest BCUT2D eigenvalue weighted by atomic mass is 16.4. The van der Waals surface area contributed by atoms with Gasteiger partial charge >= 0.3 is 5.97 Å². The molecular formula is C15H13N3O4. The summed E-state index contributed by atoms with van der Waals surface area (Å²) in [6, 6.07) is 5.38. The number of nitrogens with one attached hydrogen (secondary N) is 2. The van der Waals surface area contributed by atoms with Crippen molar-refractivity contribution in [3.05, 3.63) is 45.9 Å². The van der Waals surface area contributed by atoms with E-state index in [1.807, 2.05) is 6.07 Å². The quantitative estimate of drug-likeness (QED) is 0.588. The van der Waals surface area contributed by atoms with Crippen LogP contribution in [0.3, 0.4) is 0 Å². The van der Waals surface area contributed by atoms with Gasteiger partial charge in [0.05, 0.1) is 17.4 Å². The molecule has 2 aromatic heterocycles. The third-order valence-corrected chi connectivity index (χ3v) is 3.59. The molecule has 1 aromatic carbocycles. The third kappa shape index (κ3) is 2.03. The maximum atomic E-state index is 11.9. The molecule has 2 heterocycles. The SMILES string of the molecule is CCc1c(-c2ccc3[nH]ncc3c2)[nH]c(=O)c(C(=O)O)c1O. The molecule has 0 unspecified atom stereocenters. The Kier molecular flexibility index (Phi) is 3.17. The minimum atomic E-state index is -1.45. The summed E-state index contributed by atoms with van der Waals surface area (Å²) in [5.41, 5.74) is 0.859. The molecule has 0 amide bonds. The Balaban J connectivity index is 2.30. The lowest BCUT2D eigenvalue weighted by Gasteiger charge is -2.12. The average molecular weight is 299 g/mol. The Morgan fingerprint density at radius 3 is 2.82 bits per heavy atom. The van der Waals surface area contributed by atoms with E-state index < -0.39 is 22.8 Å². The van der Waals surface area contributed by atoms with E-state index >= 15 is 0 Å². The Morgan fingerprint density at radius 2 is 2.14 bits per heavy atom. The minimum absolute atomic E-state index is 0.377. The maximum absolute atomic E-state index is 11.9. The number of pyridine rings is 1. The van der Waals surface area contributed by atoms with E-state index in [0.29, 0.717) is 23.2 Å². The van der Waals surface area contributed by atoms with E-state index in [2.05, 4.69) is 15.2 Å². The van der Waals surface area contributed by atoms with Crippen LogP contribution in [0.15, 0.2) is 29.2 Å². The topological polar surface area (TPSA) is 119 Å². The van der Waals surface area contributed by atoms with Crippen LogP contribution in [0.25, 0.3) is 22.2 Å². The summed E-state index contributed by atoms with van der Waals surface area (Å²) in [5.74, 6) is -1.94. The number of aromatic carboxylic acids is 1. The molecular weight excluding hydrogens is 286 g/mol. The molecule has 7 heteroatoms. The van der Waals surface area contributed by atoms with Crippen LogP contribution in [0.2, 0.25) is 0 Å². The first kappa shape index (κ1) is 13.9. The van der Waals surface area contributed by atoms with Gasteiger partial charge in [-0.1, -0.05) is 13.0 Å². The van der Waals surface area contributed by atoms with Gasteiger partial charge in [0.2, 0.25) is 0 Å². The molecule has 0 radical (unpaired) electrons. The second kappa shape index (κ2) is 5.03. The zero-order valence-electron chi connectivity index (χ0n) is 11.7. The summed E-state index contributed by atoms with van der Waals surface area (Å²) in [5, 5.41) is 26.8. The fourth-order valence-corrected chi connectivity index (χ4v) is 2.52. The number of H-pyrrole nitrogens is 2. The number of hydrogen-bond donors (Lipinski definition) is 4. The molecule has 0 atom stereocenters. The maximum Gasteiger partial charge on any atom is 0.345 e. The number of benzene rings is 1. The van der Waals surface area contributed by atoms with Crippen molar-refractivity contribution < 1.29 is 15.0 Å². The molecule has 0 fully saturated rings. The predicted molar refractivity (Wildman–Crippen MR) is 80.2 cm³/mol. The molecule has 3 aromatic rings. The number of aromatic amines is 2. The second-order valence-corrected chi connectivity index (χ2v) is 4.86. The number of carbonyl (C=O) groups is 1. The summed E-state index contributed by atoms with van der Waals surface area (Å²) in [4.78, 5) is 25.6. The number of aromatic nitrogens is 3. The highest BCUT2D eigenvalue weighted by Gasteiger charge is 2.21.